The summed E-state index contributed by atoms with van der Waals surface area (Å²) in [6.07, 6.45) is 0.352. The molecule has 1 heterocycles. The summed E-state index contributed by atoms with van der Waals surface area (Å²) in [5.74, 6) is 0.813. The molecule has 0 fully saturated rings. The zero-order valence-corrected chi connectivity index (χ0v) is 14.3. The van der Waals surface area contributed by atoms with Gasteiger partial charge >= 0.3 is 0 Å². The monoisotopic (exact) mass is 322 g/mol. The van der Waals surface area contributed by atoms with Crippen LogP contribution in [0.25, 0.3) is 10.9 Å². The molecule has 1 aromatic heterocycles. The van der Waals surface area contributed by atoms with Crippen LogP contribution in [0, 0.1) is 13.8 Å². The lowest BCUT2D eigenvalue weighted by atomic mass is 10.1. The molecule has 0 atom stereocenters. The smallest absolute Gasteiger partial charge is 0.224 e. The van der Waals surface area contributed by atoms with Gasteiger partial charge in [0.2, 0.25) is 5.91 Å². The number of aryl methyl sites for hydroxylation is 2. The number of methoxy groups -OCH3 is 1. The van der Waals surface area contributed by atoms with Crippen molar-refractivity contribution in [3.05, 3.63) is 64.8 Å². The summed E-state index contributed by atoms with van der Waals surface area (Å²) in [5, 5.41) is 4.05. The van der Waals surface area contributed by atoms with Gasteiger partial charge in [-0.2, -0.15) is 0 Å². The number of amides is 1. The third kappa shape index (κ3) is 3.27. The molecule has 124 valence electrons. The molecule has 2 N–H and O–H groups in total. The highest BCUT2D eigenvalue weighted by molar-refractivity contribution is 5.91. The van der Waals surface area contributed by atoms with Crippen LogP contribution in [-0.4, -0.2) is 18.0 Å². The lowest BCUT2D eigenvalue weighted by Gasteiger charge is -2.08. The van der Waals surface area contributed by atoms with Gasteiger partial charge in [0, 0.05) is 23.1 Å². The van der Waals surface area contributed by atoms with E-state index >= 15 is 0 Å². The Morgan fingerprint density at radius 3 is 2.71 bits per heavy atom. The number of ether oxygens (including phenoxy) is 1. The highest BCUT2D eigenvalue weighted by Gasteiger charge is 2.13. The quantitative estimate of drug-likeness (QED) is 0.753. The van der Waals surface area contributed by atoms with Gasteiger partial charge in [-0.3, -0.25) is 4.79 Å². The van der Waals surface area contributed by atoms with E-state index in [1.807, 2.05) is 43.3 Å². The van der Waals surface area contributed by atoms with Crippen molar-refractivity contribution in [2.24, 2.45) is 0 Å². The predicted octanol–water partition coefficient (Wildman–Crippen LogP) is 3.65. The van der Waals surface area contributed by atoms with Crippen LogP contribution in [0.2, 0.25) is 0 Å². The number of carbonyl (C=O) groups excluding carboxylic acids is 1. The van der Waals surface area contributed by atoms with Gasteiger partial charge in [0.25, 0.3) is 0 Å². The maximum atomic E-state index is 12.4. The normalized spacial score (nSPS) is 10.8. The van der Waals surface area contributed by atoms with Crippen molar-refractivity contribution in [3.63, 3.8) is 0 Å². The summed E-state index contributed by atoms with van der Waals surface area (Å²) < 4.78 is 5.30. The standard InChI is InChI=1S/C20H22N2O2/c1-13-6-4-5-7-15(13)12-21-20(23)11-17-14(2)22-19-9-8-16(24-3)10-18(17)19/h4-10,22H,11-12H2,1-3H3,(H,21,23). The molecule has 2 aromatic carbocycles. The van der Waals surface area contributed by atoms with E-state index in [4.69, 9.17) is 4.74 Å². The second-order valence-corrected chi connectivity index (χ2v) is 6.02. The van der Waals surface area contributed by atoms with Crippen LogP contribution in [0.5, 0.6) is 5.75 Å². The summed E-state index contributed by atoms with van der Waals surface area (Å²) in [6.45, 7) is 4.60. The average Bonchev–Trinajstić information content (AvgIpc) is 2.89. The van der Waals surface area contributed by atoms with Crippen molar-refractivity contribution in [2.45, 2.75) is 26.8 Å². The van der Waals surface area contributed by atoms with E-state index in [0.29, 0.717) is 13.0 Å². The number of aromatic nitrogens is 1. The molecule has 0 aliphatic heterocycles. The van der Waals surface area contributed by atoms with Crippen molar-refractivity contribution in [3.8, 4) is 5.75 Å². The van der Waals surface area contributed by atoms with Crippen LogP contribution >= 0.6 is 0 Å². The largest absolute Gasteiger partial charge is 0.497 e. The molecular weight excluding hydrogens is 300 g/mol. The third-order valence-electron chi connectivity index (χ3n) is 4.40. The molecule has 0 radical (unpaired) electrons. The van der Waals surface area contributed by atoms with E-state index < -0.39 is 0 Å². The Hall–Kier alpha value is -2.75. The molecule has 4 heteroatoms. The van der Waals surface area contributed by atoms with Crippen LogP contribution < -0.4 is 10.1 Å². The number of benzene rings is 2. The first-order chi connectivity index (χ1) is 11.6. The van der Waals surface area contributed by atoms with Gasteiger partial charge in [-0.15, -0.1) is 0 Å². The molecule has 1 amide bonds. The first kappa shape index (κ1) is 16.1. The van der Waals surface area contributed by atoms with Gasteiger partial charge in [0.05, 0.1) is 13.5 Å². The van der Waals surface area contributed by atoms with Crippen LogP contribution in [0.4, 0.5) is 0 Å². The summed E-state index contributed by atoms with van der Waals surface area (Å²) in [4.78, 5) is 15.7. The van der Waals surface area contributed by atoms with Crippen molar-refractivity contribution in [1.82, 2.24) is 10.3 Å². The van der Waals surface area contributed by atoms with Crippen molar-refractivity contribution < 1.29 is 9.53 Å². The van der Waals surface area contributed by atoms with Crippen LogP contribution in [0.3, 0.4) is 0 Å². The number of aromatic amines is 1. The van der Waals surface area contributed by atoms with Gasteiger partial charge < -0.3 is 15.0 Å². The molecule has 3 aromatic rings. The molecule has 0 unspecified atom stereocenters. The number of nitrogens with one attached hydrogen (secondary N) is 2. The van der Waals surface area contributed by atoms with Gasteiger partial charge in [0.15, 0.2) is 0 Å². The molecule has 4 nitrogen and oxygen atoms in total. The minimum Gasteiger partial charge on any atom is -0.497 e. The maximum absolute atomic E-state index is 12.4. The Balaban J connectivity index is 1.75. The molecule has 0 saturated heterocycles. The summed E-state index contributed by atoms with van der Waals surface area (Å²) in [5.41, 5.74) is 5.39. The molecular formula is C20H22N2O2. The summed E-state index contributed by atoms with van der Waals surface area (Å²) in [7, 11) is 1.65. The fraction of sp³-hybridized carbons (Fsp3) is 0.250. The minimum atomic E-state index is 0.0186. The van der Waals surface area contributed by atoms with Gasteiger partial charge in [0.1, 0.15) is 5.75 Å². The maximum Gasteiger partial charge on any atom is 0.224 e. The van der Waals surface area contributed by atoms with E-state index in [0.717, 1.165) is 33.5 Å². The number of H-pyrrole nitrogens is 1. The number of fused-ring (bicyclic) bond motifs is 1. The Kier molecular flexibility index (Phi) is 4.56. The average molecular weight is 322 g/mol. The van der Waals surface area contributed by atoms with Crippen molar-refractivity contribution in [1.29, 1.82) is 0 Å². The zero-order valence-electron chi connectivity index (χ0n) is 14.3. The van der Waals surface area contributed by atoms with E-state index in [1.165, 1.54) is 5.56 Å². The van der Waals surface area contributed by atoms with Crippen LogP contribution in [-0.2, 0) is 17.8 Å². The first-order valence-electron chi connectivity index (χ1n) is 8.05. The Morgan fingerprint density at radius 2 is 1.96 bits per heavy atom. The van der Waals surface area contributed by atoms with Crippen LogP contribution in [0.1, 0.15) is 22.4 Å². The van der Waals surface area contributed by atoms with E-state index in [1.54, 1.807) is 7.11 Å². The van der Waals surface area contributed by atoms with E-state index in [9.17, 15) is 4.79 Å². The molecule has 0 aliphatic rings. The molecule has 0 bridgehead atoms. The summed E-state index contributed by atoms with van der Waals surface area (Å²) >= 11 is 0. The van der Waals surface area contributed by atoms with Gasteiger partial charge in [-0.05, 0) is 48.7 Å². The number of hydrogen-bond acceptors (Lipinski definition) is 2. The highest BCUT2D eigenvalue weighted by atomic mass is 16.5. The lowest BCUT2D eigenvalue weighted by molar-refractivity contribution is -0.120. The Morgan fingerprint density at radius 1 is 1.17 bits per heavy atom. The molecule has 0 saturated carbocycles. The predicted molar refractivity (Wildman–Crippen MR) is 96.3 cm³/mol. The number of hydrogen-bond donors (Lipinski definition) is 2. The molecule has 0 aliphatic carbocycles. The molecule has 3 rings (SSSR count). The SMILES string of the molecule is COc1ccc2[nH]c(C)c(CC(=O)NCc3ccccc3C)c2c1. The van der Waals surface area contributed by atoms with E-state index in [-0.39, 0.29) is 5.91 Å². The Labute approximate surface area is 141 Å². The molecule has 0 spiro atoms. The minimum absolute atomic E-state index is 0.0186. The fourth-order valence-electron chi connectivity index (χ4n) is 2.94. The number of carbonyl (C=O) groups is 1. The topological polar surface area (TPSA) is 54.1 Å². The fourth-order valence-corrected chi connectivity index (χ4v) is 2.94. The van der Waals surface area contributed by atoms with Gasteiger partial charge in [-0.25, -0.2) is 0 Å². The Bertz CT molecular complexity index is 880. The second kappa shape index (κ2) is 6.79. The van der Waals surface area contributed by atoms with Crippen molar-refractivity contribution in [2.75, 3.05) is 7.11 Å². The highest BCUT2D eigenvalue weighted by Crippen LogP contribution is 2.26. The molecule has 24 heavy (non-hydrogen) atoms. The first-order valence-corrected chi connectivity index (χ1v) is 8.05. The summed E-state index contributed by atoms with van der Waals surface area (Å²) in [6, 6.07) is 14.0. The lowest BCUT2D eigenvalue weighted by Crippen LogP contribution is -2.25. The van der Waals surface area contributed by atoms with Crippen LogP contribution in [0.15, 0.2) is 42.5 Å². The van der Waals surface area contributed by atoms with Crippen molar-refractivity contribution >= 4 is 16.8 Å². The zero-order chi connectivity index (χ0) is 17.1. The van der Waals surface area contributed by atoms with Gasteiger partial charge in [-0.1, -0.05) is 24.3 Å². The third-order valence-corrected chi connectivity index (χ3v) is 4.40. The number of rotatable bonds is 5. The second-order valence-electron chi connectivity index (χ2n) is 6.02. The van der Waals surface area contributed by atoms with E-state index in [2.05, 4.69) is 23.3 Å².